The number of rotatable bonds is 9. The van der Waals surface area contributed by atoms with Gasteiger partial charge in [-0.1, -0.05) is 163 Å². The zero-order valence-electron chi connectivity index (χ0n) is 40.7. The van der Waals surface area contributed by atoms with Gasteiger partial charge in [-0.15, -0.1) is 29.7 Å². The van der Waals surface area contributed by atoms with E-state index in [0.717, 1.165) is 116 Å². The normalized spacial score (nSPS) is 11.6. The molecule has 0 aliphatic rings. The van der Waals surface area contributed by atoms with Gasteiger partial charge in [0.05, 0.1) is 33.3 Å². The minimum Gasteiger partial charge on any atom is -0.510 e. The van der Waals surface area contributed by atoms with Crippen LogP contribution in [-0.2, 0) is 21.1 Å². The first-order valence-electron chi connectivity index (χ1n) is 25.1. The number of pyridine rings is 1. The molecule has 76 heavy (non-hydrogen) atoms. The van der Waals surface area contributed by atoms with Crippen molar-refractivity contribution < 1.29 is 30.4 Å². The summed E-state index contributed by atoms with van der Waals surface area (Å²) < 4.78 is 18.1. The maximum absolute atomic E-state index is 6.83. The second kappa shape index (κ2) is 18.4. The first-order valence-corrected chi connectivity index (χ1v) is 25.1. The first-order chi connectivity index (χ1) is 37.2. The molecule has 15 aromatic rings. The molecule has 0 aliphatic carbocycles. The molecule has 0 unspecified atom stereocenters. The molecule has 0 saturated carbocycles. The summed E-state index contributed by atoms with van der Waals surface area (Å²) in [4.78, 5) is 5.07. The average molecular weight is 1150 g/mol. The number of aromatic nitrogens is 6. The largest absolute Gasteiger partial charge is 0.510 e. The zero-order chi connectivity index (χ0) is 49.4. The van der Waals surface area contributed by atoms with Crippen LogP contribution in [0, 0.1) is 18.5 Å². The molecule has 10 aromatic carbocycles. The van der Waals surface area contributed by atoms with Crippen LogP contribution in [0.3, 0.4) is 0 Å². The van der Waals surface area contributed by atoms with Crippen molar-refractivity contribution >= 4 is 65.4 Å². The second-order valence-corrected chi connectivity index (χ2v) is 18.7. The first kappa shape index (κ1) is 45.1. The molecule has 362 valence electrons. The van der Waals surface area contributed by atoms with Gasteiger partial charge in [0.2, 0.25) is 0 Å². The minimum absolute atomic E-state index is 0. The van der Waals surface area contributed by atoms with Crippen LogP contribution in [0.1, 0.15) is 0 Å². The van der Waals surface area contributed by atoms with Gasteiger partial charge in [-0.2, -0.15) is 18.2 Å². The van der Waals surface area contributed by atoms with Crippen LogP contribution >= 0.6 is 0 Å². The zero-order valence-corrected chi connectivity index (χ0v) is 42.9. The Kier molecular flexibility index (Phi) is 10.9. The van der Waals surface area contributed by atoms with E-state index in [1.807, 2.05) is 47.3 Å². The number of benzene rings is 10. The van der Waals surface area contributed by atoms with Crippen LogP contribution in [0.4, 0.5) is 0 Å². The number of hydrogen-bond acceptors (Lipinski definition) is 2. The van der Waals surface area contributed by atoms with Gasteiger partial charge in [-0.05, 0) is 81.9 Å². The van der Waals surface area contributed by atoms with E-state index in [0.29, 0.717) is 11.5 Å². The summed E-state index contributed by atoms with van der Waals surface area (Å²) in [7, 11) is 0. The Balaban J connectivity index is 0.00000528. The van der Waals surface area contributed by atoms with Gasteiger partial charge < -0.3 is 23.0 Å². The smallest absolute Gasteiger partial charge is 0.267 e. The molecule has 0 fully saturated rings. The number of ether oxygens (including phenoxy) is 1. The molecular formula is C68H42N6OPt-2. The van der Waals surface area contributed by atoms with Crippen molar-refractivity contribution in [3.63, 3.8) is 0 Å². The molecule has 0 radical (unpaired) electrons. The summed E-state index contributed by atoms with van der Waals surface area (Å²) in [6, 6.07) is 90.2. The molecule has 0 amide bonds. The van der Waals surface area contributed by atoms with Crippen LogP contribution < -0.4 is 9.30 Å². The predicted molar refractivity (Wildman–Crippen MR) is 302 cm³/mol. The number of imidazole rings is 1. The molecule has 15 rings (SSSR count). The third kappa shape index (κ3) is 7.15. The van der Waals surface area contributed by atoms with E-state index in [-0.39, 0.29) is 21.1 Å². The van der Waals surface area contributed by atoms with E-state index < -0.39 is 0 Å². The fourth-order valence-electron chi connectivity index (χ4n) is 11.4. The van der Waals surface area contributed by atoms with Crippen LogP contribution in [-0.4, -0.2) is 23.3 Å². The summed E-state index contributed by atoms with van der Waals surface area (Å²) in [6.07, 6.45) is 9.56. The van der Waals surface area contributed by atoms with Gasteiger partial charge >= 0.3 is 0 Å². The van der Waals surface area contributed by atoms with Crippen LogP contribution in [0.5, 0.6) is 11.5 Å². The Labute approximate surface area is 452 Å². The number of para-hydroxylation sites is 5. The van der Waals surface area contributed by atoms with Crippen molar-refractivity contribution in [1.29, 1.82) is 0 Å². The topological polar surface area (TPSA) is 45.7 Å². The van der Waals surface area contributed by atoms with E-state index in [2.05, 4.69) is 249 Å². The monoisotopic (exact) mass is 1150 g/mol. The Morgan fingerprint density at radius 1 is 0.421 bits per heavy atom. The third-order valence-corrected chi connectivity index (χ3v) is 14.5. The molecule has 0 aliphatic heterocycles. The van der Waals surface area contributed by atoms with E-state index in [9.17, 15) is 0 Å². The van der Waals surface area contributed by atoms with Gasteiger partial charge in [0, 0.05) is 84.1 Å². The van der Waals surface area contributed by atoms with E-state index in [4.69, 9.17) is 9.72 Å². The van der Waals surface area contributed by atoms with Crippen molar-refractivity contribution in [3.05, 3.63) is 274 Å². The van der Waals surface area contributed by atoms with Crippen LogP contribution in [0.25, 0.3) is 116 Å². The molecule has 0 saturated heterocycles. The summed E-state index contributed by atoms with van der Waals surface area (Å²) in [6.45, 7) is 0. The maximum atomic E-state index is 6.83. The van der Waals surface area contributed by atoms with Crippen molar-refractivity contribution in [3.8, 4) is 62.3 Å². The molecule has 7 nitrogen and oxygen atoms in total. The van der Waals surface area contributed by atoms with Gasteiger partial charge in [-0.3, -0.25) is 4.57 Å². The Morgan fingerprint density at radius 3 is 1.59 bits per heavy atom. The molecule has 8 heteroatoms. The number of fused-ring (bicyclic) bond motifs is 12. The molecule has 0 bridgehead atoms. The predicted octanol–water partition coefficient (Wildman–Crippen LogP) is 16.0. The fraction of sp³-hybridized carbons (Fsp3) is 0. The van der Waals surface area contributed by atoms with Crippen molar-refractivity contribution in [2.75, 3.05) is 0 Å². The van der Waals surface area contributed by atoms with Gasteiger partial charge in [0.1, 0.15) is 5.82 Å². The molecule has 0 atom stereocenters. The van der Waals surface area contributed by atoms with E-state index in [1.54, 1.807) is 0 Å². The van der Waals surface area contributed by atoms with Crippen LogP contribution in [0.2, 0.25) is 0 Å². The van der Waals surface area contributed by atoms with Crippen molar-refractivity contribution in [1.82, 2.24) is 23.3 Å². The quantitative estimate of drug-likeness (QED) is 0.107. The van der Waals surface area contributed by atoms with E-state index in [1.165, 1.54) is 0 Å². The van der Waals surface area contributed by atoms with Gasteiger partial charge in [0.25, 0.3) is 6.33 Å². The standard InChI is InChI=1S/C68H42N6O.Pt/c1-5-21-46(22-6-1)53-33-20-34-54(47-23-7-2-8-24-47)65(53)71-42-41-70(45-71)50-29-19-30-51(43-50)75-52-38-39-57-60(44-52)74(61-37-17-18-40-69-61)66-62(57)63-55-31-13-15-35-58(55)72(48-25-9-3-10-26-48)67(63)68-64(66)56-32-14-16-36-59(56)73(68)49-27-11-4-12-28-49;/h1-42H;/q-2;. The SMILES string of the molecule is [Pt].[c-]1c(Oc2[c-]c3c(cc2)c2c4c5ccccc5n(-c5ccccc5)c4c4c(c5ccccc5n4-c4ccccc4)c2n3-c2ccccn2)cccc1-[n+]1[c-]n(-c2c(-c3ccccc3)cccc2-c2ccccc2)cc1. The van der Waals surface area contributed by atoms with Crippen LogP contribution in [0.15, 0.2) is 255 Å². The summed E-state index contributed by atoms with van der Waals surface area (Å²) in [5.41, 5.74) is 14.8. The van der Waals surface area contributed by atoms with Crippen molar-refractivity contribution in [2.45, 2.75) is 0 Å². The Bertz CT molecular complexity index is 4600. The maximum Gasteiger partial charge on any atom is 0.267 e. The third-order valence-electron chi connectivity index (χ3n) is 14.5. The molecule has 5 heterocycles. The molecule has 0 N–H and O–H groups in total. The summed E-state index contributed by atoms with van der Waals surface area (Å²) in [5, 5.41) is 6.73. The minimum atomic E-state index is 0. The molecule has 0 spiro atoms. The molecular weight excluding hydrogens is 1110 g/mol. The summed E-state index contributed by atoms with van der Waals surface area (Å²) >= 11 is 0. The Morgan fingerprint density at radius 2 is 0.961 bits per heavy atom. The van der Waals surface area contributed by atoms with Gasteiger partial charge in [0.15, 0.2) is 0 Å². The average Bonchev–Trinajstić information content (AvgIpc) is 4.37. The number of nitrogens with zero attached hydrogens (tertiary/aromatic N) is 6. The fourth-order valence-corrected chi connectivity index (χ4v) is 11.4. The van der Waals surface area contributed by atoms with E-state index >= 15 is 0 Å². The second-order valence-electron chi connectivity index (χ2n) is 18.7. The summed E-state index contributed by atoms with van der Waals surface area (Å²) in [5.74, 6) is 1.88. The van der Waals surface area contributed by atoms with Crippen molar-refractivity contribution in [2.24, 2.45) is 0 Å². The Hall–Kier alpha value is -9.55. The molecule has 5 aromatic heterocycles. The number of hydrogen-bond donors (Lipinski definition) is 0. The van der Waals surface area contributed by atoms with Gasteiger partial charge in [-0.25, -0.2) is 4.98 Å².